The van der Waals surface area contributed by atoms with Crippen LogP contribution in [0.1, 0.15) is 36.7 Å². The van der Waals surface area contributed by atoms with Crippen molar-refractivity contribution in [3.63, 3.8) is 0 Å². The lowest BCUT2D eigenvalue weighted by Crippen LogP contribution is -2.10. The number of benzene rings is 2. The molecule has 0 aliphatic carbocycles. The predicted octanol–water partition coefficient (Wildman–Crippen LogP) is 5.14. The zero-order valence-electron chi connectivity index (χ0n) is 14.2. The first kappa shape index (κ1) is 16.1. The number of aromatic nitrogens is 1. The van der Waals surface area contributed by atoms with E-state index in [4.69, 9.17) is 5.11 Å². The number of carboxylic acids is 1. The van der Waals surface area contributed by atoms with Crippen molar-refractivity contribution in [2.45, 2.75) is 26.2 Å². The third-order valence-electron chi connectivity index (χ3n) is 4.17. The third kappa shape index (κ3) is 3.25. The van der Waals surface area contributed by atoms with Crippen LogP contribution < -0.4 is 0 Å². The van der Waals surface area contributed by atoms with Crippen molar-refractivity contribution >= 4 is 5.97 Å². The first-order valence-corrected chi connectivity index (χ1v) is 7.97. The number of aromatic carboxylic acids is 1. The van der Waals surface area contributed by atoms with Gasteiger partial charge in [0.2, 0.25) is 0 Å². The zero-order chi connectivity index (χ0) is 17.3. The van der Waals surface area contributed by atoms with E-state index in [0.29, 0.717) is 5.56 Å². The Hall–Kier alpha value is -2.81. The minimum Gasteiger partial charge on any atom is -0.478 e. The molecule has 0 atom stereocenters. The molecule has 3 aromatic rings. The minimum absolute atomic E-state index is 0.137. The smallest absolute Gasteiger partial charge is 0.335 e. The molecule has 1 heterocycles. The molecule has 24 heavy (non-hydrogen) atoms. The largest absolute Gasteiger partial charge is 0.478 e. The highest BCUT2D eigenvalue weighted by atomic mass is 16.4. The highest BCUT2D eigenvalue weighted by Gasteiger charge is 2.13. The Labute approximate surface area is 142 Å². The van der Waals surface area contributed by atoms with Crippen molar-refractivity contribution in [2.75, 3.05) is 0 Å². The molecule has 2 aromatic carbocycles. The average molecular weight is 319 g/mol. The van der Waals surface area contributed by atoms with Crippen molar-refractivity contribution in [1.82, 2.24) is 4.57 Å². The molecule has 0 bridgehead atoms. The summed E-state index contributed by atoms with van der Waals surface area (Å²) < 4.78 is 2.05. The number of rotatable bonds is 3. The highest BCUT2D eigenvalue weighted by Crippen LogP contribution is 2.25. The van der Waals surface area contributed by atoms with Crippen LogP contribution in [0, 0.1) is 0 Å². The summed E-state index contributed by atoms with van der Waals surface area (Å²) in [4.78, 5) is 11.1. The second-order valence-electron chi connectivity index (χ2n) is 6.99. The molecule has 0 saturated carbocycles. The van der Waals surface area contributed by atoms with E-state index in [1.807, 2.05) is 24.5 Å². The van der Waals surface area contributed by atoms with E-state index in [2.05, 4.69) is 49.6 Å². The summed E-state index contributed by atoms with van der Waals surface area (Å²) in [6, 6.07) is 17.5. The molecule has 0 radical (unpaired) electrons. The molecule has 3 rings (SSSR count). The summed E-state index contributed by atoms with van der Waals surface area (Å²) in [6.45, 7) is 6.60. The summed E-state index contributed by atoms with van der Waals surface area (Å²) in [7, 11) is 0. The van der Waals surface area contributed by atoms with Crippen molar-refractivity contribution < 1.29 is 9.90 Å². The van der Waals surface area contributed by atoms with Gasteiger partial charge >= 0.3 is 5.97 Å². The van der Waals surface area contributed by atoms with E-state index in [1.54, 1.807) is 18.2 Å². The topological polar surface area (TPSA) is 42.2 Å². The monoisotopic (exact) mass is 319 g/mol. The van der Waals surface area contributed by atoms with Gasteiger partial charge in [-0.25, -0.2) is 4.79 Å². The van der Waals surface area contributed by atoms with Gasteiger partial charge in [-0.15, -0.1) is 0 Å². The number of hydrogen-bond donors (Lipinski definition) is 1. The molecule has 122 valence electrons. The Kier molecular flexibility index (Phi) is 4.02. The van der Waals surface area contributed by atoms with Crippen LogP contribution in [0.15, 0.2) is 67.0 Å². The molecule has 0 aliphatic heterocycles. The highest BCUT2D eigenvalue weighted by molar-refractivity contribution is 5.89. The van der Waals surface area contributed by atoms with Crippen LogP contribution in [0.3, 0.4) is 0 Å². The van der Waals surface area contributed by atoms with Crippen LogP contribution in [0.25, 0.3) is 16.8 Å². The summed E-state index contributed by atoms with van der Waals surface area (Å²) in [6.07, 6.45) is 4.02. The van der Waals surface area contributed by atoms with E-state index in [0.717, 1.165) is 16.8 Å². The molecular weight excluding hydrogens is 298 g/mol. The van der Waals surface area contributed by atoms with Gasteiger partial charge < -0.3 is 9.67 Å². The van der Waals surface area contributed by atoms with Crippen LogP contribution in [-0.4, -0.2) is 15.6 Å². The van der Waals surface area contributed by atoms with Gasteiger partial charge in [0.25, 0.3) is 0 Å². The lowest BCUT2D eigenvalue weighted by Gasteiger charge is -2.19. The summed E-state index contributed by atoms with van der Waals surface area (Å²) in [5, 5.41) is 9.13. The van der Waals surface area contributed by atoms with E-state index < -0.39 is 5.97 Å². The fourth-order valence-corrected chi connectivity index (χ4v) is 2.69. The van der Waals surface area contributed by atoms with Gasteiger partial charge in [0, 0.05) is 18.1 Å². The molecule has 0 amide bonds. The summed E-state index contributed by atoms with van der Waals surface area (Å²) in [5.41, 5.74) is 4.72. The van der Waals surface area contributed by atoms with Crippen molar-refractivity contribution in [1.29, 1.82) is 0 Å². The quantitative estimate of drug-likeness (QED) is 0.726. The molecule has 0 spiro atoms. The molecule has 3 heteroatoms. The lowest BCUT2D eigenvalue weighted by molar-refractivity contribution is 0.0697. The van der Waals surface area contributed by atoms with Gasteiger partial charge in [-0.05, 0) is 52.4 Å². The maximum absolute atomic E-state index is 11.1. The first-order chi connectivity index (χ1) is 11.3. The standard InChI is InChI=1S/C21H21NO2/c1-21(2,3)18-7-9-19(10-8-18)22-12-11-17(14-22)15-5-4-6-16(13-15)20(23)24/h4-14H,1-3H3,(H,23,24). The fraction of sp³-hybridized carbons (Fsp3) is 0.190. The Bertz CT molecular complexity index is 867. The van der Waals surface area contributed by atoms with Gasteiger partial charge in [-0.1, -0.05) is 45.0 Å². The molecule has 0 unspecified atom stereocenters. The summed E-state index contributed by atoms with van der Waals surface area (Å²) in [5.74, 6) is -0.908. The predicted molar refractivity (Wildman–Crippen MR) is 96.9 cm³/mol. The molecule has 0 saturated heterocycles. The molecule has 0 fully saturated rings. The Morgan fingerprint density at radius 2 is 1.67 bits per heavy atom. The Morgan fingerprint density at radius 3 is 2.29 bits per heavy atom. The molecular formula is C21H21NO2. The minimum atomic E-state index is -0.908. The normalized spacial score (nSPS) is 11.5. The zero-order valence-corrected chi connectivity index (χ0v) is 14.2. The second kappa shape index (κ2) is 6.00. The van der Waals surface area contributed by atoms with E-state index in [-0.39, 0.29) is 5.41 Å². The van der Waals surface area contributed by atoms with Crippen LogP contribution in [0.2, 0.25) is 0 Å². The van der Waals surface area contributed by atoms with E-state index >= 15 is 0 Å². The van der Waals surface area contributed by atoms with Crippen LogP contribution in [0.5, 0.6) is 0 Å². The average Bonchev–Trinajstić information content (AvgIpc) is 3.04. The molecule has 0 aliphatic rings. The van der Waals surface area contributed by atoms with Crippen LogP contribution in [-0.2, 0) is 5.41 Å². The van der Waals surface area contributed by atoms with Crippen molar-refractivity contribution in [3.8, 4) is 16.8 Å². The van der Waals surface area contributed by atoms with Gasteiger partial charge in [0.15, 0.2) is 0 Å². The molecule has 3 nitrogen and oxygen atoms in total. The van der Waals surface area contributed by atoms with Crippen LogP contribution >= 0.6 is 0 Å². The number of carbonyl (C=O) groups is 1. The SMILES string of the molecule is CC(C)(C)c1ccc(-n2ccc(-c3cccc(C(=O)O)c3)c2)cc1. The van der Waals surface area contributed by atoms with Gasteiger partial charge in [-0.2, -0.15) is 0 Å². The maximum atomic E-state index is 11.1. The van der Waals surface area contributed by atoms with Crippen molar-refractivity contribution in [3.05, 3.63) is 78.1 Å². The van der Waals surface area contributed by atoms with Gasteiger partial charge in [0.1, 0.15) is 0 Å². The number of hydrogen-bond acceptors (Lipinski definition) is 1. The second-order valence-corrected chi connectivity index (χ2v) is 6.99. The van der Waals surface area contributed by atoms with E-state index in [9.17, 15) is 4.79 Å². The van der Waals surface area contributed by atoms with Crippen LogP contribution in [0.4, 0.5) is 0 Å². The molecule has 1 aromatic heterocycles. The third-order valence-corrected chi connectivity index (χ3v) is 4.17. The number of carboxylic acid groups (broad SMARTS) is 1. The lowest BCUT2D eigenvalue weighted by atomic mass is 9.87. The Morgan fingerprint density at radius 1 is 0.958 bits per heavy atom. The fourth-order valence-electron chi connectivity index (χ4n) is 2.69. The number of nitrogens with zero attached hydrogens (tertiary/aromatic N) is 1. The van der Waals surface area contributed by atoms with Crippen molar-refractivity contribution in [2.24, 2.45) is 0 Å². The van der Waals surface area contributed by atoms with Gasteiger partial charge in [-0.3, -0.25) is 0 Å². The van der Waals surface area contributed by atoms with Gasteiger partial charge in [0.05, 0.1) is 5.56 Å². The maximum Gasteiger partial charge on any atom is 0.335 e. The molecule has 1 N–H and O–H groups in total. The Balaban J connectivity index is 1.91. The van der Waals surface area contributed by atoms with E-state index in [1.165, 1.54) is 5.56 Å². The summed E-state index contributed by atoms with van der Waals surface area (Å²) >= 11 is 0. The first-order valence-electron chi connectivity index (χ1n) is 7.97.